The molecule has 0 aliphatic heterocycles. The minimum Gasteiger partial charge on any atom is -0.479 e. The van der Waals surface area contributed by atoms with Crippen molar-refractivity contribution in [2.45, 2.75) is 20.0 Å². The Hall–Kier alpha value is -3.35. The zero-order valence-electron chi connectivity index (χ0n) is 13.7. The van der Waals surface area contributed by atoms with Gasteiger partial charge in [0.15, 0.2) is 11.8 Å². The summed E-state index contributed by atoms with van der Waals surface area (Å²) in [4.78, 5) is 23.4. The Balaban J connectivity index is 1.83. The first-order valence-corrected chi connectivity index (χ1v) is 7.70. The lowest BCUT2D eigenvalue weighted by Crippen LogP contribution is -2.23. The van der Waals surface area contributed by atoms with Crippen LogP contribution in [0.25, 0.3) is 10.9 Å². The number of carbonyl (C=O) groups excluding carboxylic acids is 1. The SMILES string of the molecule is Cc1ccc(NC(=O)c2n[nH]c3ccccc23)cc1OC(C)C(=O)O. The standard InChI is InChI=1S/C18H17N3O4/c1-10-7-8-12(9-15(10)25-11(2)18(23)24)19-17(22)16-13-5-3-4-6-14(13)20-21-16/h3-9,11H,1-2H3,(H,19,22)(H,20,21)(H,23,24). The molecule has 7 nitrogen and oxygen atoms in total. The largest absolute Gasteiger partial charge is 0.479 e. The number of aromatic amines is 1. The van der Waals surface area contributed by atoms with Crippen molar-refractivity contribution in [1.29, 1.82) is 0 Å². The van der Waals surface area contributed by atoms with E-state index >= 15 is 0 Å². The molecule has 0 aliphatic carbocycles. The summed E-state index contributed by atoms with van der Waals surface area (Å²) in [7, 11) is 0. The number of nitrogens with one attached hydrogen (secondary N) is 2. The number of carboxylic acid groups (broad SMARTS) is 1. The number of H-pyrrole nitrogens is 1. The number of hydrogen-bond donors (Lipinski definition) is 3. The van der Waals surface area contributed by atoms with E-state index in [4.69, 9.17) is 9.84 Å². The second kappa shape index (κ2) is 6.64. The van der Waals surface area contributed by atoms with Gasteiger partial charge in [-0.2, -0.15) is 5.10 Å². The maximum absolute atomic E-state index is 12.5. The van der Waals surface area contributed by atoms with Crippen LogP contribution in [0.1, 0.15) is 23.0 Å². The number of aryl methyl sites for hydroxylation is 1. The van der Waals surface area contributed by atoms with Gasteiger partial charge in [-0.3, -0.25) is 9.89 Å². The zero-order chi connectivity index (χ0) is 18.0. The summed E-state index contributed by atoms with van der Waals surface area (Å²) in [5, 5.41) is 19.3. The predicted octanol–water partition coefficient (Wildman–Crippen LogP) is 2.98. The summed E-state index contributed by atoms with van der Waals surface area (Å²) < 4.78 is 5.42. The maximum Gasteiger partial charge on any atom is 0.344 e. The molecule has 0 bridgehead atoms. The lowest BCUT2D eigenvalue weighted by Gasteiger charge is -2.14. The number of carbonyl (C=O) groups is 2. The number of aliphatic carboxylic acids is 1. The van der Waals surface area contributed by atoms with Crippen LogP contribution in [0.2, 0.25) is 0 Å². The van der Waals surface area contributed by atoms with Crippen LogP contribution in [-0.4, -0.2) is 33.3 Å². The molecule has 1 heterocycles. The number of para-hydroxylation sites is 1. The summed E-state index contributed by atoms with van der Waals surface area (Å²) in [6.07, 6.45) is -0.986. The molecule has 0 spiro atoms. The van der Waals surface area contributed by atoms with E-state index in [1.54, 1.807) is 25.1 Å². The van der Waals surface area contributed by atoms with Crippen molar-refractivity contribution in [2.75, 3.05) is 5.32 Å². The average Bonchev–Trinajstić information content (AvgIpc) is 3.02. The van der Waals surface area contributed by atoms with Crippen LogP contribution in [0.15, 0.2) is 42.5 Å². The molecular formula is C18H17N3O4. The monoisotopic (exact) mass is 339 g/mol. The summed E-state index contributed by atoms with van der Waals surface area (Å²) >= 11 is 0. The van der Waals surface area contributed by atoms with Crippen molar-refractivity contribution in [3.63, 3.8) is 0 Å². The van der Waals surface area contributed by atoms with E-state index in [9.17, 15) is 9.59 Å². The fraction of sp³-hybridized carbons (Fsp3) is 0.167. The third-order valence-corrected chi connectivity index (χ3v) is 3.78. The highest BCUT2D eigenvalue weighted by molar-refractivity contribution is 6.11. The number of aromatic nitrogens is 2. The molecule has 0 saturated heterocycles. The van der Waals surface area contributed by atoms with Gasteiger partial charge in [0, 0.05) is 17.1 Å². The highest BCUT2D eigenvalue weighted by Gasteiger charge is 2.16. The zero-order valence-corrected chi connectivity index (χ0v) is 13.7. The van der Waals surface area contributed by atoms with E-state index in [-0.39, 0.29) is 11.6 Å². The minimum atomic E-state index is -1.06. The first kappa shape index (κ1) is 16.5. The second-order valence-electron chi connectivity index (χ2n) is 5.65. The summed E-state index contributed by atoms with van der Waals surface area (Å²) in [6.45, 7) is 3.25. The van der Waals surface area contributed by atoms with Crippen LogP contribution in [0.3, 0.4) is 0 Å². The van der Waals surface area contributed by atoms with Crippen molar-refractivity contribution in [1.82, 2.24) is 10.2 Å². The smallest absolute Gasteiger partial charge is 0.344 e. The van der Waals surface area contributed by atoms with Gasteiger partial charge in [0.05, 0.1) is 5.52 Å². The molecule has 3 aromatic rings. The molecule has 1 amide bonds. The molecule has 0 aliphatic rings. The van der Waals surface area contributed by atoms with E-state index in [0.29, 0.717) is 11.4 Å². The topological polar surface area (TPSA) is 104 Å². The summed E-state index contributed by atoms with van der Waals surface area (Å²) in [5.74, 6) is -1.02. The average molecular weight is 339 g/mol. The van der Waals surface area contributed by atoms with E-state index < -0.39 is 12.1 Å². The molecule has 25 heavy (non-hydrogen) atoms. The van der Waals surface area contributed by atoms with Crippen molar-refractivity contribution in [3.8, 4) is 5.75 Å². The number of carboxylic acids is 1. The van der Waals surface area contributed by atoms with Crippen LogP contribution in [-0.2, 0) is 4.79 Å². The lowest BCUT2D eigenvalue weighted by atomic mass is 10.1. The van der Waals surface area contributed by atoms with E-state index in [1.165, 1.54) is 6.92 Å². The molecule has 128 valence electrons. The number of amides is 1. The van der Waals surface area contributed by atoms with Crippen LogP contribution < -0.4 is 10.1 Å². The molecule has 0 saturated carbocycles. The highest BCUT2D eigenvalue weighted by atomic mass is 16.5. The van der Waals surface area contributed by atoms with E-state index in [1.807, 2.05) is 24.3 Å². The van der Waals surface area contributed by atoms with Crippen LogP contribution >= 0.6 is 0 Å². The molecule has 1 aromatic heterocycles. The first-order valence-electron chi connectivity index (χ1n) is 7.70. The number of fused-ring (bicyclic) bond motifs is 1. The van der Waals surface area contributed by atoms with Crippen molar-refractivity contribution < 1.29 is 19.4 Å². The summed E-state index contributed by atoms with van der Waals surface area (Å²) in [5.41, 5.74) is 2.33. The quantitative estimate of drug-likeness (QED) is 0.663. The van der Waals surface area contributed by atoms with Crippen molar-refractivity contribution in [3.05, 3.63) is 53.7 Å². The van der Waals surface area contributed by atoms with Gasteiger partial charge in [-0.25, -0.2) is 4.79 Å². The summed E-state index contributed by atoms with van der Waals surface area (Å²) in [6, 6.07) is 12.4. The van der Waals surface area contributed by atoms with Crippen molar-refractivity contribution >= 4 is 28.5 Å². The van der Waals surface area contributed by atoms with Gasteiger partial charge in [0.2, 0.25) is 0 Å². The van der Waals surface area contributed by atoms with Gasteiger partial charge < -0.3 is 15.2 Å². The lowest BCUT2D eigenvalue weighted by molar-refractivity contribution is -0.144. The highest BCUT2D eigenvalue weighted by Crippen LogP contribution is 2.25. The number of hydrogen-bond acceptors (Lipinski definition) is 4. The molecule has 0 radical (unpaired) electrons. The third kappa shape index (κ3) is 3.45. The molecule has 1 atom stereocenters. The van der Waals surface area contributed by atoms with Crippen LogP contribution in [0.4, 0.5) is 5.69 Å². The Morgan fingerprint density at radius 3 is 2.76 bits per heavy atom. The Morgan fingerprint density at radius 2 is 2.00 bits per heavy atom. The Morgan fingerprint density at radius 1 is 1.24 bits per heavy atom. The van der Waals surface area contributed by atoms with Gasteiger partial charge in [-0.1, -0.05) is 24.3 Å². The Bertz CT molecular complexity index is 948. The maximum atomic E-state index is 12.5. The molecule has 2 aromatic carbocycles. The molecule has 3 N–H and O–H groups in total. The van der Waals surface area contributed by atoms with Gasteiger partial charge in [-0.05, 0) is 31.5 Å². The Labute approximate surface area is 143 Å². The Kier molecular flexibility index (Phi) is 4.38. The number of rotatable bonds is 5. The number of ether oxygens (including phenoxy) is 1. The predicted molar refractivity (Wildman–Crippen MR) is 93.0 cm³/mol. The normalized spacial score (nSPS) is 11.9. The molecule has 3 rings (SSSR count). The molecular weight excluding hydrogens is 322 g/mol. The number of benzene rings is 2. The van der Waals surface area contributed by atoms with Crippen molar-refractivity contribution in [2.24, 2.45) is 0 Å². The number of nitrogens with zero attached hydrogens (tertiary/aromatic N) is 1. The minimum absolute atomic E-state index is 0.289. The van der Waals surface area contributed by atoms with Gasteiger partial charge in [-0.15, -0.1) is 0 Å². The molecule has 7 heteroatoms. The number of anilines is 1. The van der Waals surface area contributed by atoms with Gasteiger partial charge in [0.1, 0.15) is 5.75 Å². The van der Waals surface area contributed by atoms with Gasteiger partial charge >= 0.3 is 5.97 Å². The second-order valence-corrected chi connectivity index (χ2v) is 5.65. The van der Waals surface area contributed by atoms with Gasteiger partial charge in [0.25, 0.3) is 5.91 Å². The fourth-order valence-electron chi connectivity index (χ4n) is 2.37. The molecule has 1 unspecified atom stereocenters. The van der Waals surface area contributed by atoms with Crippen LogP contribution in [0.5, 0.6) is 5.75 Å². The molecule has 0 fully saturated rings. The third-order valence-electron chi connectivity index (χ3n) is 3.78. The van der Waals surface area contributed by atoms with Crippen LogP contribution in [0, 0.1) is 6.92 Å². The fourth-order valence-corrected chi connectivity index (χ4v) is 2.37. The van der Waals surface area contributed by atoms with E-state index in [0.717, 1.165) is 16.5 Å². The first-order chi connectivity index (χ1) is 12.0. The van der Waals surface area contributed by atoms with E-state index in [2.05, 4.69) is 15.5 Å².